The van der Waals surface area contributed by atoms with Gasteiger partial charge in [0.15, 0.2) is 0 Å². The van der Waals surface area contributed by atoms with E-state index in [0.717, 1.165) is 12.8 Å². The van der Waals surface area contributed by atoms with E-state index < -0.39 is 6.10 Å². The molecule has 0 bridgehead atoms. The molecule has 0 aromatic heterocycles. The Balaban J connectivity index is 1.97. The van der Waals surface area contributed by atoms with Crippen molar-refractivity contribution in [2.24, 2.45) is 5.73 Å². The van der Waals surface area contributed by atoms with E-state index in [1.807, 2.05) is 6.92 Å². The lowest BCUT2D eigenvalue weighted by atomic mass is 10.1. The summed E-state index contributed by atoms with van der Waals surface area (Å²) in [5, 5.41) is 5.82. The quantitative estimate of drug-likeness (QED) is 0.738. The van der Waals surface area contributed by atoms with Crippen LogP contribution in [0, 0.1) is 0 Å². The minimum atomic E-state index is -0.491. The molecule has 1 aromatic carbocycles. The predicted octanol–water partition coefficient (Wildman–Crippen LogP) is 1.92. The Kier molecular flexibility index (Phi) is 6.38. The van der Waals surface area contributed by atoms with Crippen molar-refractivity contribution >= 4 is 29.1 Å². The van der Waals surface area contributed by atoms with Crippen LogP contribution < -0.4 is 16.4 Å². The van der Waals surface area contributed by atoms with E-state index in [-0.39, 0.29) is 17.9 Å². The molecule has 6 nitrogen and oxygen atoms in total. The average molecular weight is 340 g/mol. The van der Waals surface area contributed by atoms with Gasteiger partial charge in [0, 0.05) is 18.8 Å². The van der Waals surface area contributed by atoms with E-state index in [9.17, 15) is 9.59 Å². The maximum absolute atomic E-state index is 12.1. The number of anilines is 1. The third kappa shape index (κ3) is 4.67. The summed E-state index contributed by atoms with van der Waals surface area (Å²) in [6, 6.07) is 4.82. The highest BCUT2D eigenvalue weighted by molar-refractivity contribution is 6.34. The van der Waals surface area contributed by atoms with Gasteiger partial charge in [-0.3, -0.25) is 9.59 Å². The number of carbonyl (C=O) groups is 2. The molecular formula is C16H22ClN3O3. The van der Waals surface area contributed by atoms with E-state index in [1.54, 1.807) is 18.2 Å². The van der Waals surface area contributed by atoms with Gasteiger partial charge in [-0.05, 0) is 37.5 Å². The Morgan fingerprint density at radius 2 is 2.17 bits per heavy atom. The first-order chi connectivity index (χ1) is 11.0. The summed E-state index contributed by atoms with van der Waals surface area (Å²) in [4.78, 5) is 24.1. The number of ether oxygens (including phenoxy) is 1. The van der Waals surface area contributed by atoms with Crippen molar-refractivity contribution in [3.05, 3.63) is 28.8 Å². The Morgan fingerprint density at radius 3 is 2.78 bits per heavy atom. The Bertz CT molecular complexity index is 580. The van der Waals surface area contributed by atoms with Crippen molar-refractivity contribution in [2.75, 3.05) is 18.4 Å². The summed E-state index contributed by atoms with van der Waals surface area (Å²) in [5.74, 6) is -0.445. The normalized spacial score (nSPS) is 20.3. The Morgan fingerprint density at radius 1 is 1.39 bits per heavy atom. The summed E-state index contributed by atoms with van der Waals surface area (Å²) in [5.41, 5.74) is 6.46. The Hall–Kier alpha value is -1.63. The SMILES string of the molecule is CCCNC(=O)c1ccc(NC(=O)[C@@H]2CC[C@H](CN)O2)cc1Cl. The van der Waals surface area contributed by atoms with Crippen molar-refractivity contribution in [1.29, 1.82) is 0 Å². The van der Waals surface area contributed by atoms with Gasteiger partial charge >= 0.3 is 0 Å². The second-order valence-electron chi connectivity index (χ2n) is 5.50. The van der Waals surface area contributed by atoms with Crippen LogP contribution in [0.3, 0.4) is 0 Å². The summed E-state index contributed by atoms with van der Waals surface area (Å²) in [6.45, 7) is 2.98. The highest BCUT2D eigenvalue weighted by Crippen LogP contribution is 2.23. The number of carbonyl (C=O) groups excluding carboxylic acids is 2. The molecule has 0 radical (unpaired) electrons. The largest absolute Gasteiger partial charge is 0.364 e. The first-order valence-corrected chi connectivity index (χ1v) is 8.17. The standard InChI is InChI=1S/C16H22ClN3O3/c1-2-7-19-15(21)12-5-3-10(8-13(12)17)20-16(22)14-6-4-11(9-18)23-14/h3,5,8,11,14H,2,4,6-7,9,18H2,1H3,(H,19,21)(H,20,22)/t11-,14+/m1/s1. The van der Waals surface area contributed by atoms with Gasteiger partial charge in [-0.25, -0.2) is 0 Å². The molecule has 7 heteroatoms. The van der Waals surface area contributed by atoms with Crippen LogP contribution in [-0.4, -0.2) is 37.1 Å². The van der Waals surface area contributed by atoms with Crippen molar-refractivity contribution in [2.45, 2.75) is 38.4 Å². The molecule has 126 valence electrons. The van der Waals surface area contributed by atoms with Gasteiger partial charge in [0.05, 0.1) is 16.7 Å². The van der Waals surface area contributed by atoms with E-state index in [2.05, 4.69) is 10.6 Å². The molecule has 2 rings (SSSR count). The van der Waals surface area contributed by atoms with Crippen molar-refractivity contribution in [1.82, 2.24) is 5.32 Å². The maximum Gasteiger partial charge on any atom is 0.253 e. The van der Waals surface area contributed by atoms with Crippen LogP contribution in [-0.2, 0) is 9.53 Å². The van der Waals surface area contributed by atoms with Gasteiger partial charge in [-0.2, -0.15) is 0 Å². The van der Waals surface area contributed by atoms with E-state index in [0.29, 0.717) is 35.8 Å². The molecule has 1 aliphatic rings. The van der Waals surface area contributed by atoms with E-state index in [1.165, 1.54) is 0 Å². The zero-order chi connectivity index (χ0) is 16.8. The molecule has 1 heterocycles. The number of hydrogen-bond donors (Lipinski definition) is 3. The fraction of sp³-hybridized carbons (Fsp3) is 0.500. The zero-order valence-corrected chi connectivity index (χ0v) is 13.9. The lowest BCUT2D eigenvalue weighted by molar-refractivity contribution is -0.126. The molecular weight excluding hydrogens is 318 g/mol. The van der Waals surface area contributed by atoms with Gasteiger partial charge in [-0.1, -0.05) is 18.5 Å². The molecule has 2 atom stereocenters. The number of amides is 2. The van der Waals surface area contributed by atoms with Crippen LogP contribution in [0.1, 0.15) is 36.5 Å². The predicted molar refractivity (Wildman–Crippen MR) is 89.7 cm³/mol. The number of benzene rings is 1. The van der Waals surface area contributed by atoms with Crippen molar-refractivity contribution in [3.8, 4) is 0 Å². The van der Waals surface area contributed by atoms with Gasteiger partial charge in [0.25, 0.3) is 11.8 Å². The molecule has 0 aliphatic carbocycles. The number of rotatable bonds is 6. The van der Waals surface area contributed by atoms with Crippen LogP contribution >= 0.6 is 11.6 Å². The monoisotopic (exact) mass is 339 g/mol. The van der Waals surface area contributed by atoms with Gasteiger partial charge in [-0.15, -0.1) is 0 Å². The van der Waals surface area contributed by atoms with Gasteiger partial charge in [0.1, 0.15) is 6.10 Å². The highest BCUT2D eigenvalue weighted by atomic mass is 35.5. The average Bonchev–Trinajstić information content (AvgIpc) is 3.02. The third-order valence-electron chi connectivity index (χ3n) is 3.68. The number of nitrogens with two attached hydrogens (primary N) is 1. The van der Waals surface area contributed by atoms with Crippen LogP contribution in [0.4, 0.5) is 5.69 Å². The smallest absolute Gasteiger partial charge is 0.253 e. The molecule has 23 heavy (non-hydrogen) atoms. The summed E-state index contributed by atoms with van der Waals surface area (Å²) in [6.07, 6.45) is 1.74. The molecule has 0 spiro atoms. The molecule has 1 aliphatic heterocycles. The van der Waals surface area contributed by atoms with E-state index >= 15 is 0 Å². The van der Waals surface area contributed by atoms with Crippen molar-refractivity contribution in [3.63, 3.8) is 0 Å². The minimum Gasteiger partial charge on any atom is -0.364 e. The number of nitrogens with one attached hydrogen (secondary N) is 2. The van der Waals surface area contributed by atoms with Crippen LogP contribution in [0.25, 0.3) is 0 Å². The lowest BCUT2D eigenvalue weighted by Crippen LogP contribution is -2.29. The van der Waals surface area contributed by atoms with Gasteiger partial charge in [0.2, 0.25) is 0 Å². The first-order valence-electron chi connectivity index (χ1n) is 7.79. The van der Waals surface area contributed by atoms with Crippen LogP contribution in [0.5, 0.6) is 0 Å². The fourth-order valence-corrected chi connectivity index (χ4v) is 2.67. The van der Waals surface area contributed by atoms with E-state index in [4.69, 9.17) is 22.1 Å². The number of hydrogen-bond acceptors (Lipinski definition) is 4. The highest BCUT2D eigenvalue weighted by Gasteiger charge is 2.29. The maximum atomic E-state index is 12.1. The molecule has 1 fully saturated rings. The third-order valence-corrected chi connectivity index (χ3v) is 3.99. The molecule has 1 aromatic rings. The molecule has 0 saturated carbocycles. The second kappa shape index (κ2) is 8.29. The number of halogens is 1. The molecule has 1 saturated heterocycles. The zero-order valence-electron chi connectivity index (χ0n) is 13.1. The van der Waals surface area contributed by atoms with Crippen molar-refractivity contribution < 1.29 is 14.3 Å². The molecule has 0 unspecified atom stereocenters. The fourth-order valence-electron chi connectivity index (χ4n) is 2.41. The summed E-state index contributed by atoms with van der Waals surface area (Å²) >= 11 is 6.13. The lowest BCUT2D eigenvalue weighted by Gasteiger charge is -2.13. The van der Waals surface area contributed by atoms with Gasteiger partial charge < -0.3 is 21.1 Å². The summed E-state index contributed by atoms with van der Waals surface area (Å²) in [7, 11) is 0. The first kappa shape index (κ1) is 17.7. The topological polar surface area (TPSA) is 93.5 Å². The summed E-state index contributed by atoms with van der Waals surface area (Å²) < 4.78 is 5.55. The molecule has 4 N–H and O–H groups in total. The van der Waals surface area contributed by atoms with Crippen LogP contribution in [0.15, 0.2) is 18.2 Å². The molecule has 2 amide bonds. The Labute approximate surface area is 140 Å². The van der Waals surface area contributed by atoms with Crippen LogP contribution in [0.2, 0.25) is 5.02 Å². The minimum absolute atomic E-state index is 0.0565. The second-order valence-corrected chi connectivity index (χ2v) is 5.91.